The summed E-state index contributed by atoms with van der Waals surface area (Å²) in [6.07, 6.45) is 1.06. The summed E-state index contributed by atoms with van der Waals surface area (Å²) in [5.41, 5.74) is 0.755. The molecule has 0 fully saturated rings. The van der Waals surface area contributed by atoms with E-state index in [2.05, 4.69) is 26.0 Å². The van der Waals surface area contributed by atoms with Crippen LogP contribution in [-0.4, -0.2) is 24.9 Å². The van der Waals surface area contributed by atoms with Crippen molar-refractivity contribution in [2.75, 3.05) is 16.3 Å². The molecule has 0 bridgehead atoms. The fourth-order valence-corrected chi connectivity index (χ4v) is 1.83. The Morgan fingerprint density at radius 2 is 1.72 bits per heavy atom. The highest BCUT2D eigenvalue weighted by molar-refractivity contribution is 9.10. The lowest BCUT2D eigenvalue weighted by molar-refractivity contribution is -0.117. The van der Waals surface area contributed by atoms with Crippen molar-refractivity contribution in [3.63, 3.8) is 0 Å². The van der Waals surface area contributed by atoms with Gasteiger partial charge in [0.25, 0.3) is 0 Å². The van der Waals surface area contributed by atoms with E-state index in [1.54, 1.807) is 38.1 Å². The minimum Gasteiger partial charge on any atom is -0.323 e. The van der Waals surface area contributed by atoms with E-state index in [1.165, 1.54) is 0 Å². The molecule has 7 heteroatoms. The maximum absolute atomic E-state index is 11.8. The van der Waals surface area contributed by atoms with Gasteiger partial charge in [0.15, 0.2) is 0 Å². The molecule has 0 saturated heterocycles. The Hall–Kier alpha value is -1.08. The largest absolute Gasteiger partial charge is 0.323 e. The Labute approximate surface area is 115 Å². The summed E-state index contributed by atoms with van der Waals surface area (Å²) in [4.78, 5) is 11.8. The van der Waals surface area contributed by atoms with Crippen LogP contribution in [0.3, 0.4) is 0 Å². The molecule has 1 amide bonds. The molecule has 0 spiro atoms. The van der Waals surface area contributed by atoms with Gasteiger partial charge in [-0.3, -0.25) is 9.52 Å². The first-order chi connectivity index (χ1) is 8.09. The molecular formula is C11H15BrN2O3S. The number of benzene rings is 1. The summed E-state index contributed by atoms with van der Waals surface area (Å²) in [6.45, 7) is 3.41. The SMILES string of the molecule is CC(C)(Br)C(=O)Nc1ccccc1NS(C)(=O)=O. The van der Waals surface area contributed by atoms with Crippen molar-refractivity contribution in [1.82, 2.24) is 0 Å². The number of carbonyl (C=O) groups excluding carboxylic acids is 1. The van der Waals surface area contributed by atoms with Gasteiger partial charge in [0.1, 0.15) is 0 Å². The van der Waals surface area contributed by atoms with Gasteiger partial charge in [-0.05, 0) is 26.0 Å². The molecule has 18 heavy (non-hydrogen) atoms. The molecule has 0 aliphatic carbocycles. The molecule has 1 rings (SSSR count). The maximum Gasteiger partial charge on any atom is 0.240 e. The van der Waals surface area contributed by atoms with Crippen LogP contribution in [0.1, 0.15) is 13.8 Å². The zero-order valence-electron chi connectivity index (χ0n) is 10.3. The minimum atomic E-state index is -3.38. The van der Waals surface area contributed by atoms with E-state index in [0.29, 0.717) is 11.4 Å². The molecule has 2 N–H and O–H groups in total. The average molecular weight is 335 g/mol. The highest BCUT2D eigenvalue weighted by Crippen LogP contribution is 2.25. The summed E-state index contributed by atoms with van der Waals surface area (Å²) < 4.78 is 24.0. The fourth-order valence-electron chi connectivity index (χ4n) is 1.15. The Morgan fingerprint density at radius 1 is 1.22 bits per heavy atom. The molecular weight excluding hydrogens is 320 g/mol. The van der Waals surface area contributed by atoms with Gasteiger partial charge in [0.05, 0.1) is 22.0 Å². The quantitative estimate of drug-likeness (QED) is 0.828. The van der Waals surface area contributed by atoms with Gasteiger partial charge in [-0.15, -0.1) is 0 Å². The van der Waals surface area contributed by atoms with Crippen molar-refractivity contribution in [1.29, 1.82) is 0 Å². The number of amides is 1. The first-order valence-corrected chi connectivity index (χ1v) is 7.85. The third-order valence-corrected chi connectivity index (χ3v) is 2.96. The van der Waals surface area contributed by atoms with Crippen LogP contribution in [-0.2, 0) is 14.8 Å². The summed E-state index contributed by atoms with van der Waals surface area (Å²) in [5.74, 6) is -0.259. The highest BCUT2D eigenvalue weighted by atomic mass is 79.9. The Balaban J connectivity index is 3.00. The molecule has 0 aliphatic heterocycles. The lowest BCUT2D eigenvalue weighted by Crippen LogP contribution is -2.31. The number of rotatable bonds is 4. The van der Waals surface area contributed by atoms with Gasteiger partial charge in [0.2, 0.25) is 15.9 Å². The highest BCUT2D eigenvalue weighted by Gasteiger charge is 2.24. The number of hydrogen-bond acceptors (Lipinski definition) is 3. The Morgan fingerprint density at radius 3 is 2.17 bits per heavy atom. The smallest absolute Gasteiger partial charge is 0.240 e. The van der Waals surface area contributed by atoms with Crippen LogP contribution in [0.5, 0.6) is 0 Å². The van der Waals surface area contributed by atoms with Crippen molar-refractivity contribution < 1.29 is 13.2 Å². The van der Waals surface area contributed by atoms with Gasteiger partial charge < -0.3 is 5.32 Å². The van der Waals surface area contributed by atoms with Crippen LogP contribution in [0.25, 0.3) is 0 Å². The van der Waals surface area contributed by atoms with E-state index in [0.717, 1.165) is 6.26 Å². The molecule has 0 saturated carbocycles. The van der Waals surface area contributed by atoms with Crippen molar-refractivity contribution in [2.24, 2.45) is 0 Å². The predicted octanol–water partition coefficient (Wildman–Crippen LogP) is 2.17. The monoisotopic (exact) mass is 334 g/mol. The van der Waals surface area contributed by atoms with Crippen molar-refractivity contribution in [3.05, 3.63) is 24.3 Å². The number of anilines is 2. The van der Waals surface area contributed by atoms with Gasteiger partial charge >= 0.3 is 0 Å². The molecule has 0 aromatic heterocycles. The minimum absolute atomic E-state index is 0.259. The zero-order valence-corrected chi connectivity index (χ0v) is 12.7. The standard InChI is InChI=1S/C11H15BrN2O3S/c1-11(2,12)10(15)13-8-6-4-5-7-9(8)14-18(3,16)17/h4-7,14H,1-3H3,(H,13,15). The van der Waals surface area contributed by atoms with Crippen LogP contribution in [0.4, 0.5) is 11.4 Å². The van der Waals surface area contributed by atoms with Gasteiger partial charge in [0, 0.05) is 0 Å². The number of hydrogen-bond donors (Lipinski definition) is 2. The van der Waals surface area contributed by atoms with Crippen LogP contribution in [0.15, 0.2) is 24.3 Å². The number of nitrogens with one attached hydrogen (secondary N) is 2. The Kier molecular flexibility index (Phi) is 4.39. The molecule has 0 unspecified atom stereocenters. The molecule has 100 valence electrons. The first-order valence-electron chi connectivity index (χ1n) is 5.17. The second kappa shape index (κ2) is 5.27. The zero-order chi connectivity index (χ0) is 14.0. The van der Waals surface area contributed by atoms with Crippen molar-refractivity contribution in [2.45, 2.75) is 18.2 Å². The van der Waals surface area contributed by atoms with Crippen molar-refractivity contribution >= 4 is 43.2 Å². The van der Waals surface area contributed by atoms with E-state index in [4.69, 9.17) is 0 Å². The molecule has 1 aromatic rings. The molecule has 1 aromatic carbocycles. The van der Waals surface area contributed by atoms with Crippen LogP contribution >= 0.6 is 15.9 Å². The van der Waals surface area contributed by atoms with Gasteiger partial charge in [-0.2, -0.15) is 0 Å². The number of alkyl halides is 1. The number of para-hydroxylation sites is 2. The van der Waals surface area contributed by atoms with Crippen LogP contribution < -0.4 is 10.0 Å². The lowest BCUT2D eigenvalue weighted by atomic mass is 10.2. The number of sulfonamides is 1. The number of halogens is 1. The topological polar surface area (TPSA) is 75.3 Å². The van der Waals surface area contributed by atoms with Crippen LogP contribution in [0, 0.1) is 0 Å². The van der Waals surface area contributed by atoms with Crippen LogP contribution in [0.2, 0.25) is 0 Å². The molecule has 5 nitrogen and oxygen atoms in total. The molecule has 0 aliphatic rings. The third-order valence-electron chi connectivity index (χ3n) is 2.01. The normalized spacial score (nSPS) is 12.0. The fraction of sp³-hybridized carbons (Fsp3) is 0.364. The van der Waals surface area contributed by atoms with E-state index in [-0.39, 0.29) is 5.91 Å². The Bertz CT molecular complexity index is 550. The summed E-state index contributed by atoms with van der Waals surface area (Å²) in [5, 5.41) is 2.66. The van der Waals surface area contributed by atoms with E-state index < -0.39 is 14.3 Å². The lowest BCUT2D eigenvalue weighted by Gasteiger charge is -2.18. The predicted molar refractivity (Wildman–Crippen MR) is 76.5 cm³/mol. The third kappa shape index (κ3) is 4.66. The summed E-state index contributed by atoms with van der Waals surface area (Å²) >= 11 is 3.24. The van der Waals surface area contributed by atoms with E-state index in [1.807, 2.05) is 0 Å². The first kappa shape index (κ1) is 15.0. The van der Waals surface area contributed by atoms with Crippen molar-refractivity contribution in [3.8, 4) is 0 Å². The van der Waals surface area contributed by atoms with E-state index in [9.17, 15) is 13.2 Å². The van der Waals surface area contributed by atoms with Gasteiger partial charge in [-0.1, -0.05) is 28.1 Å². The second-order valence-corrected chi connectivity index (χ2v) is 8.08. The number of carbonyl (C=O) groups is 1. The second-order valence-electron chi connectivity index (χ2n) is 4.35. The van der Waals surface area contributed by atoms with Gasteiger partial charge in [-0.25, -0.2) is 8.42 Å². The summed E-state index contributed by atoms with van der Waals surface area (Å²) in [7, 11) is -3.38. The molecule has 0 heterocycles. The maximum atomic E-state index is 11.8. The van der Waals surface area contributed by atoms with E-state index >= 15 is 0 Å². The molecule has 0 atom stereocenters. The summed E-state index contributed by atoms with van der Waals surface area (Å²) in [6, 6.07) is 6.61. The molecule has 0 radical (unpaired) electrons. The average Bonchev–Trinajstić information content (AvgIpc) is 2.17.